The Bertz CT molecular complexity index is 503. The summed E-state index contributed by atoms with van der Waals surface area (Å²) in [5.74, 6) is 1.79. The molecule has 0 bridgehead atoms. The van der Waals surface area contributed by atoms with Crippen molar-refractivity contribution in [1.29, 1.82) is 0 Å². The van der Waals surface area contributed by atoms with Gasteiger partial charge in [0.15, 0.2) is 11.5 Å². The lowest BCUT2D eigenvalue weighted by molar-refractivity contribution is -0.143. The molecule has 0 aliphatic carbocycles. The molecular weight excluding hydrogens is 270 g/mol. The van der Waals surface area contributed by atoms with Gasteiger partial charge >= 0.3 is 0 Å². The van der Waals surface area contributed by atoms with E-state index in [1.807, 2.05) is 29.2 Å². The van der Waals surface area contributed by atoms with Crippen molar-refractivity contribution in [3.63, 3.8) is 0 Å². The fraction of sp³-hybridized carbons (Fsp3) is 0.562. The highest BCUT2D eigenvalue weighted by Crippen LogP contribution is 2.31. The lowest BCUT2D eigenvalue weighted by Crippen LogP contribution is -2.50. The molecule has 3 rings (SSSR count). The Morgan fingerprint density at radius 3 is 3.00 bits per heavy atom. The molecule has 21 heavy (non-hydrogen) atoms. The Labute approximate surface area is 124 Å². The maximum atomic E-state index is 12.6. The summed E-state index contributed by atoms with van der Waals surface area (Å²) in [4.78, 5) is 14.5. The molecule has 0 spiro atoms. The molecular formula is C16H21NO4. The van der Waals surface area contributed by atoms with Gasteiger partial charge in [0.1, 0.15) is 6.61 Å². The molecule has 2 atom stereocenters. The molecule has 2 heterocycles. The number of hydrogen-bond acceptors (Lipinski definition) is 4. The Morgan fingerprint density at radius 2 is 2.19 bits per heavy atom. The van der Waals surface area contributed by atoms with Crippen molar-refractivity contribution in [3.8, 4) is 11.5 Å². The number of carbonyl (C=O) groups excluding carboxylic acids is 1. The highest BCUT2D eigenvalue weighted by atomic mass is 16.6. The number of methoxy groups -OCH3 is 1. The van der Waals surface area contributed by atoms with Crippen LogP contribution in [0.1, 0.15) is 12.8 Å². The molecule has 5 nitrogen and oxygen atoms in total. The van der Waals surface area contributed by atoms with Gasteiger partial charge in [-0.05, 0) is 30.9 Å². The first-order valence-corrected chi connectivity index (χ1v) is 7.44. The Kier molecular flexibility index (Phi) is 4.29. The first-order valence-electron chi connectivity index (χ1n) is 7.44. The molecule has 0 N–H and O–H groups in total. The third kappa shape index (κ3) is 3.13. The molecule has 2 aliphatic heterocycles. The van der Waals surface area contributed by atoms with Crippen molar-refractivity contribution >= 4 is 5.91 Å². The minimum atomic E-state index is -0.541. The van der Waals surface area contributed by atoms with Gasteiger partial charge < -0.3 is 19.1 Å². The minimum absolute atomic E-state index is 0.0188. The second kappa shape index (κ2) is 6.35. The van der Waals surface area contributed by atoms with Crippen LogP contribution in [0.3, 0.4) is 0 Å². The van der Waals surface area contributed by atoms with Crippen molar-refractivity contribution in [2.24, 2.45) is 5.92 Å². The third-order valence-corrected chi connectivity index (χ3v) is 4.02. The van der Waals surface area contributed by atoms with Crippen molar-refractivity contribution in [1.82, 2.24) is 4.90 Å². The zero-order valence-corrected chi connectivity index (χ0v) is 12.3. The maximum absolute atomic E-state index is 12.6. The molecule has 0 radical (unpaired) electrons. The smallest absolute Gasteiger partial charge is 0.267 e. The molecule has 114 valence electrons. The van der Waals surface area contributed by atoms with Gasteiger partial charge in [-0.1, -0.05) is 12.1 Å². The van der Waals surface area contributed by atoms with Crippen LogP contribution < -0.4 is 9.47 Å². The number of hydrogen-bond donors (Lipinski definition) is 0. The van der Waals surface area contributed by atoms with Crippen LogP contribution in [0, 0.1) is 5.92 Å². The first-order chi connectivity index (χ1) is 10.3. The highest BCUT2D eigenvalue weighted by molar-refractivity contribution is 5.82. The minimum Gasteiger partial charge on any atom is -0.485 e. The summed E-state index contributed by atoms with van der Waals surface area (Å²) in [6, 6.07) is 7.46. The number of rotatable bonds is 3. The number of likely N-dealkylation sites (tertiary alicyclic amines) is 1. The van der Waals surface area contributed by atoms with Gasteiger partial charge in [0, 0.05) is 20.2 Å². The van der Waals surface area contributed by atoms with E-state index in [2.05, 4.69) is 0 Å². The number of nitrogens with zero attached hydrogens (tertiary/aromatic N) is 1. The third-order valence-electron chi connectivity index (χ3n) is 4.02. The summed E-state index contributed by atoms with van der Waals surface area (Å²) in [5, 5.41) is 0. The Balaban J connectivity index is 1.63. The number of para-hydroxylation sites is 2. The number of carbonyl (C=O) groups is 1. The van der Waals surface area contributed by atoms with Gasteiger partial charge in [-0.3, -0.25) is 4.79 Å². The predicted molar refractivity (Wildman–Crippen MR) is 77.5 cm³/mol. The quantitative estimate of drug-likeness (QED) is 0.850. The fourth-order valence-corrected chi connectivity index (χ4v) is 2.98. The topological polar surface area (TPSA) is 48.0 Å². The number of piperidine rings is 1. The van der Waals surface area contributed by atoms with E-state index in [0.29, 0.717) is 24.0 Å². The standard InChI is InChI=1S/C16H21NO4/c1-19-10-12-5-4-8-17(9-12)16(18)15-11-20-13-6-2-3-7-14(13)21-15/h2-3,6-7,12,15H,4-5,8-11H2,1H3. The van der Waals surface area contributed by atoms with Crippen LogP contribution in [-0.4, -0.2) is 50.3 Å². The average molecular weight is 291 g/mol. The van der Waals surface area contributed by atoms with E-state index in [0.717, 1.165) is 25.9 Å². The van der Waals surface area contributed by atoms with Gasteiger partial charge in [-0.15, -0.1) is 0 Å². The van der Waals surface area contributed by atoms with Crippen LogP contribution in [0.5, 0.6) is 11.5 Å². The van der Waals surface area contributed by atoms with Gasteiger partial charge in [-0.2, -0.15) is 0 Å². The van der Waals surface area contributed by atoms with Gasteiger partial charge in [-0.25, -0.2) is 0 Å². The van der Waals surface area contributed by atoms with Crippen LogP contribution in [0.15, 0.2) is 24.3 Å². The van der Waals surface area contributed by atoms with Crippen LogP contribution >= 0.6 is 0 Å². The second-order valence-corrected chi connectivity index (χ2v) is 5.61. The first kappa shape index (κ1) is 14.2. The molecule has 1 saturated heterocycles. The summed E-state index contributed by atoms with van der Waals surface area (Å²) >= 11 is 0. The van der Waals surface area contributed by atoms with E-state index in [-0.39, 0.29) is 12.5 Å². The summed E-state index contributed by atoms with van der Waals surface area (Å²) < 4.78 is 16.6. The van der Waals surface area contributed by atoms with E-state index >= 15 is 0 Å². The predicted octanol–water partition coefficient (Wildman–Crippen LogP) is 1.71. The van der Waals surface area contributed by atoms with E-state index < -0.39 is 6.10 Å². The lowest BCUT2D eigenvalue weighted by Gasteiger charge is -2.35. The normalized spacial score (nSPS) is 24.7. The second-order valence-electron chi connectivity index (χ2n) is 5.61. The summed E-state index contributed by atoms with van der Waals surface area (Å²) in [6.45, 7) is 2.52. The van der Waals surface area contributed by atoms with Crippen molar-refractivity contribution in [2.75, 3.05) is 33.4 Å². The van der Waals surface area contributed by atoms with Crippen molar-refractivity contribution in [3.05, 3.63) is 24.3 Å². The van der Waals surface area contributed by atoms with Crippen LogP contribution in [0.2, 0.25) is 0 Å². The molecule has 1 fully saturated rings. The van der Waals surface area contributed by atoms with Crippen LogP contribution in [0.25, 0.3) is 0 Å². The zero-order valence-electron chi connectivity index (χ0n) is 12.3. The largest absolute Gasteiger partial charge is 0.485 e. The van der Waals surface area contributed by atoms with Gasteiger partial charge in [0.2, 0.25) is 6.10 Å². The molecule has 2 unspecified atom stereocenters. The molecule has 5 heteroatoms. The number of fused-ring (bicyclic) bond motifs is 1. The van der Waals surface area contributed by atoms with Crippen molar-refractivity contribution in [2.45, 2.75) is 18.9 Å². The van der Waals surface area contributed by atoms with Crippen LogP contribution in [-0.2, 0) is 9.53 Å². The van der Waals surface area contributed by atoms with Gasteiger partial charge in [0.25, 0.3) is 5.91 Å². The lowest BCUT2D eigenvalue weighted by atomic mass is 9.98. The SMILES string of the molecule is COCC1CCCN(C(=O)C2COc3ccccc3O2)C1. The van der Waals surface area contributed by atoms with E-state index in [1.165, 1.54) is 0 Å². The summed E-state index contributed by atoms with van der Waals surface area (Å²) in [5.41, 5.74) is 0. The monoisotopic (exact) mass is 291 g/mol. The van der Waals surface area contributed by atoms with E-state index in [1.54, 1.807) is 7.11 Å². The molecule has 2 aliphatic rings. The highest BCUT2D eigenvalue weighted by Gasteiger charge is 2.33. The summed E-state index contributed by atoms with van der Waals surface area (Å²) in [6.07, 6.45) is 1.59. The Hall–Kier alpha value is -1.75. The fourth-order valence-electron chi connectivity index (χ4n) is 2.98. The van der Waals surface area contributed by atoms with Crippen LogP contribution in [0.4, 0.5) is 0 Å². The number of amides is 1. The summed E-state index contributed by atoms with van der Waals surface area (Å²) in [7, 11) is 1.70. The maximum Gasteiger partial charge on any atom is 0.267 e. The Morgan fingerprint density at radius 1 is 1.38 bits per heavy atom. The van der Waals surface area contributed by atoms with E-state index in [4.69, 9.17) is 14.2 Å². The molecule has 0 aromatic heterocycles. The average Bonchev–Trinajstić information content (AvgIpc) is 2.54. The number of ether oxygens (including phenoxy) is 3. The van der Waals surface area contributed by atoms with E-state index in [9.17, 15) is 4.79 Å². The molecule has 0 saturated carbocycles. The molecule has 1 aromatic carbocycles. The number of benzene rings is 1. The molecule has 1 aromatic rings. The van der Waals surface area contributed by atoms with Gasteiger partial charge in [0.05, 0.1) is 6.61 Å². The molecule has 1 amide bonds. The van der Waals surface area contributed by atoms with Crippen molar-refractivity contribution < 1.29 is 19.0 Å². The zero-order chi connectivity index (χ0) is 14.7.